The lowest BCUT2D eigenvalue weighted by Crippen LogP contribution is -2.48. The standard InChI is InChI=1S/C11H25N3O2S.HI/c1-9(2)7-13-10(12-5)14-8-11(3,4)17(6,15)16;/h9H,7-8H2,1-6H3,(H2,12,13,14);1H. The third-order valence-electron chi connectivity index (χ3n) is 2.59. The molecule has 0 aliphatic carbocycles. The van der Waals surface area contributed by atoms with Crippen molar-refractivity contribution in [2.75, 3.05) is 26.4 Å². The van der Waals surface area contributed by atoms with E-state index in [1.165, 1.54) is 6.26 Å². The van der Waals surface area contributed by atoms with E-state index < -0.39 is 14.6 Å². The zero-order chi connectivity index (χ0) is 13.7. The Balaban J connectivity index is 0. The van der Waals surface area contributed by atoms with Gasteiger partial charge in [-0.1, -0.05) is 13.8 Å². The maximum absolute atomic E-state index is 11.5. The van der Waals surface area contributed by atoms with Gasteiger partial charge in [0.25, 0.3) is 0 Å². The maximum Gasteiger partial charge on any atom is 0.191 e. The monoisotopic (exact) mass is 391 g/mol. The molecular weight excluding hydrogens is 365 g/mol. The molecule has 0 aromatic heterocycles. The second kappa shape index (κ2) is 8.19. The molecule has 18 heavy (non-hydrogen) atoms. The number of hydrogen-bond acceptors (Lipinski definition) is 3. The molecule has 7 heteroatoms. The Morgan fingerprint density at radius 3 is 2.11 bits per heavy atom. The Morgan fingerprint density at radius 2 is 1.78 bits per heavy atom. The quantitative estimate of drug-likeness (QED) is 0.421. The van der Waals surface area contributed by atoms with Gasteiger partial charge in [-0.3, -0.25) is 4.99 Å². The van der Waals surface area contributed by atoms with Crippen LogP contribution in [0.15, 0.2) is 4.99 Å². The highest BCUT2D eigenvalue weighted by atomic mass is 127. The number of sulfone groups is 1. The van der Waals surface area contributed by atoms with Crippen LogP contribution in [-0.2, 0) is 9.84 Å². The largest absolute Gasteiger partial charge is 0.356 e. The fourth-order valence-corrected chi connectivity index (χ4v) is 1.28. The summed E-state index contributed by atoms with van der Waals surface area (Å²) in [4.78, 5) is 4.04. The first kappa shape index (κ1) is 20.3. The van der Waals surface area contributed by atoms with Crippen molar-refractivity contribution in [1.82, 2.24) is 10.6 Å². The van der Waals surface area contributed by atoms with Crippen LogP contribution < -0.4 is 10.6 Å². The zero-order valence-corrected chi connectivity index (χ0v) is 15.2. The van der Waals surface area contributed by atoms with Crippen LogP contribution in [0.2, 0.25) is 0 Å². The summed E-state index contributed by atoms with van der Waals surface area (Å²) in [5, 5.41) is 6.17. The van der Waals surface area contributed by atoms with Gasteiger partial charge in [-0.05, 0) is 19.8 Å². The molecule has 0 unspecified atom stereocenters. The molecule has 0 atom stereocenters. The highest BCUT2D eigenvalue weighted by molar-refractivity contribution is 14.0. The van der Waals surface area contributed by atoms with Gasteiger partial charge in [0.15, 0.2) is 15.8 Å². The van der Waals surface area contributed by atoms with Crippen molar-refractivity contribution in [3.63, 3.8) is 0 Å². The lowest BCUT2D eigenvalue weighted by Gasteiger charge is -2.24. The Kier molecular flexibility index (Phi) is 9.22. The van der Waals surface area contributed by atoms with Crippen molar-refractivity contribution in [2.24, 2.45) is 10.9 Å². The number of hydrogen-bond donors (Lipinski definition) is 2. The number of aliphatic imine (C=N–C) groups is 1. The van der Waals surface area contributed by atoms with Gasteiger partial charge in [0.2, 0.25) is 0 Å². The first-order valence-corrected chi connectivity index (χ1v) is 7.63. The van der Waals surface area contributed by atoms with Gasteiger partial charge in [0, 0.05) is 26.4 Å². The Bertz CT molecular complexity index is 364. The van der Waals surface area contributed by atoms with E-state index in [1.54, 1.807) is 20.9 Å². The fraction of sp³-hybridized carbons (Fsp3) is 0.909. The van der Waals surface area contributed by atoms with Gasteiger partial charge in [-0.25, -0.2) is 8.42 Å². The van der Waals surface area contributed by atoms with Crippen LogP contribution in [0, 0.1) is 5.92 Å². The van der Waals surface area contributed by atoms with Crippen molar-refractivity contribution in [2.45, 2.75) is 32.4 Å². The number of nitrogens with zero attached hydrogens (tertiary/aromatic N) is 1. The maximum atomic E-state index is 11.5. The first-order valence-electron chi connectivity index (χ1n) is 5.74. The molecule has 0 radical (unpaired) electrons. The van der Waals surface area contributed by atoms with Gasteiger partial charge >= 0.3 is 0 Å². The predicted molar refractivity (Wildman–Crippen MR) is 88.5 cm³/mol. The summed E-state index contributed by atoms with van der Waals surface area (Å²) in [5.74, 6) is 1.15. The third-order valence-corrected chi connectivity index (χ3v) is 4.74. The van der Waals surface area contributed by atoms with E-state index in [4.69, 9.17) is 0 Å². The molecule has 0 saturated heterocycles. The second-order valence-electron chi connectivity index (χ2n) is 5.23. The topological polar surface area (TPSA) is 70.6 Å². The molecule has 0 aliphatic rings. The van der Waals surface area contributed by atoms with Crippen LogP contribution in [0.25, 0.3) is 0 Å². The smallest absolute Gasteiger partial charge is 0.191 e. The summed E-state index contributed by atoms with van der Waals surface area (Å²) >= 11 is 0. The van der Waals surface area contributed by atoms with Crippen molar-refractivity contribution in [3.8, 4) is 0 Å². The van der Waals surface area contributed by atoms with Crippen LogP contribution in [0.4, 0.5) is 0 Å². The Morgan fingerprint density at radius 1 is 1.28 bits per heavy atom. The molecule has 0 amide bonds. The van der Waals surface area contributed by atoms with Crippen LogP contribution in [-0.4, -0.2) is 45.5 Å². The molecule has 0 heterocycles. The van der Waals surface area contributed by atoms with E-state index in [-0.39, 0.29) is 24.0 Å². The average molecular weight is 391 g/mol. The lowest BCUT2D eigenvalue weighted by molar-refractivity contribution is 0.542. The van der Waals surface area contributed by atoms with Crippen LogP contribution in [0.5, 0.6) is 0 Å². The minimum Gasteiger partial charge on any atom is -0.356 e. The van der Waals surface area contributed by atoms with Gasteiger partial charge in [-0.2, -0.15) is 0 Å². The van der Waals surface area contributed by atoms with Crippen molar-refractivity contribution < 1.29 is 8.42 Å². The normalized spacial score (nSPS) is 13.2. The summed E-state index contributed by atoms with van der Waals surface area (Å²) in [7, 11) is -1.41. The Hall–Kier alpha value is -0.0500. The van der Waals surface area contributed by atoms with Crippen molar-refractivity contribution >= 4 is 39.8 Å². The fourth-order valence-electron chi connectivity index (χ4n) is 0.949. The summed E-state index contributed by atoms with van der Waals surface area (Å²) in [6, 6.07) is 0. The summed E-state index contributed by atoms with van der Waals surface area (Å²) < 4.78 is 22.2. The number of guanidine groups is 1. The molecule has 0 saturated carbocycles. The molecule has 110 valence electrons. The number of nitrogens with one attached hydrogen (secondary N) is 2. The number of halogens is 1. The van der Waals surface area contributed by atoms with E-state index in [0.717, 1.165) is 6.54 Å². The zero-order valence-electron chi connectivity index (χ0n) is 12.1. The highest BCUT2D eigenvalue weighted by Gasteiger charge is 2.30. The molecule has 0 bridgehead atoms. The Labute approximate surface area is 128 Å². The average Bonchev–Trinajstić information content (AvgIpc) is 2.15. The van der Waals surface area contributed by atoms with Gasteiger partial charge < -0.3 is 10.6 Å². The van der Waals surface area contributed by atoms with E-state index >= 15 is 0 Å². The first-order chi connectivity index (χ1) is 7.60. The van der Waals surface area contributed by atoms with Crippen LogP contribution in [0.3, 0.4) is 0 Å². The van der Waals surface area contributed by atoms with Gasteiger partial charge in [-0.15, -0.1) is 24.0 Å². The van der Waals surface area contributed by atoms with Gasteiger partial charge in [0.05, 0.1) is 4.75 Å². The van der Waals surface area contributed by atoms with Crippen LogP contribution >= 0.6 is 24.0 Å². The molecular formula is C11H26IN3O2S. The number of rotatable bonds is 5. The van der Waals surface area contributed by atoms with Gasteiger partial charge in [0.1, 0.15) is 0 Å². The molecule has 2 N–H and O–H groups in total. The SMILES string of the molecule is CN=C(NCC(C)C)NCC(C)(C)S(C)(=O)=O.I. The van der Waals surface area contributed by atoms with Crippen molar-refractivity contribution in [1.29, 1.82) is 0 Å². The molecule has 5 nitrogen and oxygen atoms in total. The molecule has 0 fully saturated rings. The van der Waals surface area contributed by atoms with E-state index in [9.17, 15) is 8.42 Å². The molecule has 0 aromatic rings. The molecule has 0 rings (SSSR count). The summed E-state index contributed by atoms with van der Waals surface area (Å²) in [6.45, 7) is 8.74. The summed E-state index contributed by atoms with van der Waals surface area (Å²) in [5.41, 5.74) is 0. The van der Waals surface area contributed by atoms with Crippen LogP contribution in [0.1, 0.15) is 27.7 Å². The predicted octanol–water partition coefficient (Wildman–Crippen LogP) is 1.25. The van der Waals surface area contributed by atoms with Crippen molar-refractivity contribution in [3.05, 3.63) is 0 Å². The van der Waals surface area contributed by atoms with E-state index in [0.29, 0.717) is 18.4 Å². The lowest BCUT2D eigenvalue weighted by atomic mass is 10.2. The highest BCUT2D eigenvalue weighted by Crippen LogP contribution is 2.13. The minimum absolute atomic E-state index is 0. The van der Waals surface area contributed by atoms with E-state index in [2.05, 4.69) is 29.5 Å². The second-order valence-corrected chi connectivity index (χ2v) is 7.88. The summed E-state index contributed by atoms with van der Waals surface area (Å²) in [6.07, 6.45) is 1.25. The third kappa shape index (κ3) is 7.40. The molecule has 0 aromatic carbocycles. The van der Waals surface area contributed by atoms with E-state index in [1.807, 2.05) is 0 Å². The minimum atomic E-state index is -3.08. The molecule has 0 aliphatic heterocycles. The molecule has 0 spiro atoms.